The number of nitrogens with one attached hydrogen (secondary N) is 2. The molecule has 4 rings (SSSR count). The molecule has 0 bridgehead atoms. The Labute approximate surface area is 136 Å². The Hall–Kier alpha value is -3.10. The standard InChI is InChI=1S/C15H14N4O5/c20-12(9-8-11(24-18-9)10-2-1-7-23-10)19-5-3-15(4-6-19)13(21)16-14(22)17-15/h1-2,7-8H,3-6H2,(H2,16,17,21,22). The quantitative estimate of drug-likeness (QED) is 0.785. The molecule has 9 heteroatoms. The summed E-state index contributed by atoms with van der Waals surface area (Å²) in [5.74, 6) is 0.251. The number of aromatic nitrogens is 1. The number of hydrogen-bond acceptors (Lipinski definition) is 6. The van der Waals surface area contributed by atoms with E-state index in [0.717, 1.165) is 0 Å². The summed E-state index contributed by atoms with van der Waals surface area (Å²) in [4.78, 5) is 37.3. The Morgan fingerprint density at radius 2 is 2.04 bits per heavy atom. The van der Waals surface area contributed by atoms with Gasteiger partial charge in [0.15, 0.2) is 11.5 Å². The third-order valence-corrected chi connectivity index (χ3v) is 4.41. The predicted octanol–water partition coefficient (Wildman–Crippen LogP) is 0.749. The monoisotopic (exact) mass is 330 g/mol. The van der Waals surface area contributed by atoms with Gasteiger partial charge < -0.3 is 19.2 Å². The van der Waals surface area contributed by atoms with Crippen LogP contribution in [-0.4, -0.2) is 46.5 Å². The lowest BCUT2D eigenvalue weighted by Gasteiger charge is -2.36. The molecule has 9 nitrogen and oxygen atoms in total. The first-order valence-corrected chi connectivity index (χ1v) is 7.51. The smallest absolute Gasteiger partial charge is 0.322 e. The number of carbonyl (C=O) groups excluding carboxylic acids is 3. The molecule has 0 unspecified atom stereocenters. The maximum Gasteiger partial charge on any atom is 0.322 e. The highest BCUT2D eigenvalue weighted by Gasteiger charge is 2.48. The highest BCUT2D eigenvalue weighted by atomic mass is 16.5. The zero-order chi connectivity index (χ0) is 16.7. The average molecular weight is 330 g/mol. The van der Waals surface area contributed by atoms with Crippen molar-refractivity contribution >= 4 is 17.8 Å². The summed E-state index contributed by atoms with van der Waals surface area (Å²) in [6.45, 7) is 0.685. The number of piperidine rings is 1. The number of likely N-dealkylation sites (tertiary alicyclic amines) is 1. The Morgan fingerprint density at radius 3 is 2.67 bits per heavy atom. The SMILES string of the molecule is O=C1NC(=O)C2(CCN(C(=O)c3cc(-c4ccco4)on3)CC2)N1. The van der Waals surface area contributed by atoms with Gasteiger partial charge in [-0.05, 0) is 25.0 Å². The molecule has 24 heavy (non-hydrogen) atoms. The number of urea groups is 1. The molecule has 124 valence electrons. The van der Waals surface area contributed by atoms with E-state index < -0.39 is 11.6 Å². The number of carbonyl (C=O) groups is 3. The van der Waals surface area contributed by atoms with Gasteiger partial charge in [0.05, 0.1) is 6.26 Å². The van der Waals surface area contributed by atoms with Crippen LogP contribution in [0.2, 0.25) is 0 Å². The first-order chi connectivity index (χ1) is 11.6. The van der Waals surface area contributed by atoms with Crippen LogP contribution < -0.4 is 10.6 Å². The van der Waals surface area contributed by atoms with Crippen LogP contribution >= 0.6 is 0 Å². The Kier molecular flexibility index (Phi) is 3.15. The molecular weight excluding hydrogens is 316 g/mol. The van der Waals surface area contributed by atoms with Crippen LogP contribution in [0.15, 0.2) is 33.4 Å². The maximum atomic E-state index is 12.5. The summed E-state index contributed by atoms with van der Waals surface area (Å²) >= 11 is 0. The van der Waals surface area contributed by atoms with Gasteiger partial charge in [0.1, 0.15) is 5.54 Å². The van der Waals surface area contributed by atoms with Gasteiger partial charge in [0.2, 0.25) is 5.76 Å². The Morgan fingerprint density at radius 1 is 1.25 bits per heavy atom. The minimum absolute atomic E-state index is 0.178. The van der Waals surface area contributed by atoms with Crippen molar-refractivity contribution in [2.24, 2.45) is 0 Å². The second-order valence-electron chi connectivity index (χ2n) is 5.84. The lowest BCUT2D eigenvalue weighted by molar-refractivity contribution is -0.125. The second-order valence-corrected chi connectivity index (χ2v) is 5.84. The van der Waals surface area contributed by atoms with Crippen LogP contribution in [0.25, 0.3) is 11.5 Å². The fourth-order valence-corrected chi connectivity index (χ4v) is 3.04. The van der Waals surface area contributed by atoms with Gasteiger partial charge in [-0.3, -0.25) is 14.9 Å². The molecule has 2 aliphatic heterocycles. The van der Waals surface area contributed by atoms with Gasteiger partial charge in [0.25, 0.3) is 11.8 Å². The zero-order valence-corrected chi connectivity index (χ0v) is 12.6. The van der Waals surface area contributed by atoms with Crippen LogP contribution in [0, 0.1) is 0 Å². The summed E-state index contributed by atoms with van der Waals surface area (Å²) in [7, 11) is 0. The van der Waals surface area contributed by atoms with E-state index in [9.17, 15) is 14.4 Å². The van der Waals surface area contributed by atoms with E-state index in [1.807, 2.05) is 0 Å². The number of rotatable bonds is 2. The van der Waals surface area contributed by atoms with E-state index in [2.05, 4.69) is 15.8 Å². The van der Waals surface area contributed by atoms with E-state index in [0.29, 0.717) is 37.5 Å². The van der Waals surface area contributed by atoms with E-state index in [4.69, 9.17) is 8.94 Å². The van der Waals surface area contributed by atoms with Crippen molar-refractivity contribution in [3.8, 4) is 11.5 Å². The molecular formula is C15H14N4O5. The molecule has 2 saturated heterocycles. The van der Waals surface area contributed by atoms with E-state index in [1.165, 1.54) is 12.3 Å². The molecule has 4 heterocycles. The number of hydrogen-bond donors (Lipinski definition) is 2. The van der Waals surface area contributed by atoms with Crippen molar-refractivity contribution in [1.29, 1.82) is 0 Å². The molecule has 4 amide bonds. The predicted molar refractivity (Wildman–Crippen MR) is 78.7 cm³/mol. The maximum absolute atomic E-state index is 12.5. The molecule has 2 aromatic heterocycles. The van der Waals surface area contributed by atoms with Crippen molar-refractivity contribution in [2.75, 3.05) is 13.1 Å². The number of imide groups is 1. The van der Waals surface area contributed by atoms with Crippen molar-refractivity contribution in [2.45, 2.75) is 18.4 Å². The summed E-state index contributed by atoms with van der Waals surface area (Å²) < 4.78 is 10.3. The fourth-order valence-electron chi connectivity index (χ4n) is 3.04. The first kappa shape index (κ1) is 14.5. The van der Waals surface area contributed by atoms with Crippen LogP contribution in [0.1, 0.15) is 23.3 Å². The highest BCUT2D eigenvalue weighted by molar-refractivity contribution is 6.07. The molecule has 0 saturated carbocycles. The molecule has 2 N–H and O–H groups in total. The second kappa shape index (κ2) is 5.22. The lowest BCUT2D eigenvalue weighted by Crippen LogP contribution is -2.55. The summed E-state index contributed by atoms with van der Waals surface area (Å²) in [5.41, 5.74) is -0.728. The summed E-state index contributed by atoms with van der Waals surface area (Å²) in [6.07, 6.45) is 2.22. The third-order valence-electron chi connectivity index (χ3n) is 4.41. The van der Waals surface area contributed by atoms with Crippen LogP contribution in [0.5, 0.6) is 0 Å². The van der Waals surface area contributed by atoms with Gasteiger partial charge in [-0.25, -0.2) is 4.79 Å². The van der Waals surface area contributed by atoms with E-state index >= 15 is 0 Å². The highest BCUT2D eigenvalue weighted by Crippen LogP contribution is 2.27. The normalized spacial score (nSPS) is 19.4. The first-order valence-electron chi connectivity index (χ1n) is 7.51. The van der Waals surface area contributed by atoms with Crippen molar-refractivity contribution in [3.05, 3.63) is 30.2 Å². The average Bonchev–Trinajstić information content (AvgIpc) is 3.29. The number of furan rings is 1. The molecule has 0 radical (unpaired) electrons. The molecule has 0 aromatic carbocycles. The molecule has 2 fully saturated rings. The third kappa shape index (κ3) is 2.25. The van der Waals surface area contributed by atoms with Crippen LogP contribution in [0.4, 0.5) is 4.79 Å². The van der Waals surface area contributed by atoms with Gasteiger partial charge in [-0.1, -0.05) is 5.16 Å². The number of nitrogens with zero attached hydrogens (tertiary/aromatic N) is 2. The van der Waals surface area contributed by atoms with Crippen LogP contribution in [0.3, 0.4) is 0 Å². The molecule has 0 atom stereocenters. The molecule has 1 spiro atoms. The van der Waals surface area contributed by atoms with Gasteiger partial charge in [-0.15, -0.1) is 0 Å². The zero-order valence-electron chi connectivity index (χ0n) is 12.6. The molecule has 0 aliphatic carbocycles. The minimum atomic E-state index is -0.906. The Balaban J connectivity index is 1.45. The topological polar surface area (TPSA) is 118 Å². The fraction of sp³-hybridized carbons (Fsp3) is 0.333. The van der Waals surface area contributed by atoms with Gasteiger partial charge >= 0.3 is 6.03 Å². The number of amides is 4. The largest absolute Gasteiger partial charge is 0.461 e. The minimum Gasteiger partial charge on any atom is -0.461 e. The summed E-state index contributed by atoms with van der Waals surface area (Å²) in [6, 6.07) is 4.46. The van der Waals surface area contributed by atoms with Crippen molar-refractivity contribution < 1.29 is 23.3 Å². The molecule has 2 aliphatic rings. The van der Waals surface area contributed by atoms with Gasteiger partial charge in [0, 0.05) is 19.2 Å². The van der Waals surface area contributed by atoms with Crippen molar-refractivity contribution in [3.63, 3.8) is 0 Å². The van der Waals surface area contributed by atoms with Crippen molar-refractivity contribution in [1.82, 2.24) is 20.7 Å². The Bertz CT molecular complexity index is 802. The molecule has 2 aromatic rings. The lowest BCUT2D eigenvalue weighted by atomic mass is 9.87. The summed E-state index contributed by atoms with van der Waals surface area (Å²) in [5, 5.41) is 8.69. The van der Waals surface area contributed by atoms with E-state index in [-0.39, 0.29) is 17.5 Å². The van der Waals surface area contributed by atoms with Gasteiger partial charge in [-0.2, -0.15) is 0 Å². The van der Waals surface area contributed by atoms with E-state index in [1.54, 1.807) is 17.0 Å². The van der Waals surface area contributed by atoms with Crippen LogP contribution in [-0.2, 0) is 4.79 Å².